The van der Waals surface area contributed by atoms with E-state index in [0.29, 0.717) is 12.8 Å². The van der Waals surface area contributed by atoms with Crippen LogP contribution in [0.15, 0.2) is 16.9 Å². The van der Waals surface area contributed by atoms with Gasteiger partial charge in [-0.2, -0.15) is 0 Å². The molecule has 18 heavy (non-hydrogen) atoms. The molecule has 1 heterocycles. The first kappa shape index (κ1) is 13.1. The maximum Gasteiger partial charge on any atom is 0.222 e. The van der Waals surface area contributed by atoms with E-state index in [4.69, 9.17) is 4.52 Å². The van der Waals surface area contributed by atoms with Crippen LogP contribution in [-0.2, 0) is 11.2 Å². The second-order valence-corrected chi connectivity index (χ2v) is 5.02. The number of carbonyl (C=O) groups is 1. The molecule has 2 rings (SSSR count). The minimum atomic E-state index is 0.169. The van der Waals surface area contributed by atoms with Gasteiger partial charge in [0.1, 0.15) is 6.26 Å². The van der Waals surface area contributed by atoms with Crippen LogP contribution in [0.5, 0.6) is 0 Å². The van der Waals surface area contributed by atoms with Gasteiger partial charge in [0, 0.05) is 45.1 Å². The first-order valence-electron chi connectivity index (χ1n) is 6.50. The highest BCUT2D eigenvalue weighted by Crippen LogP contribution is 2.24. The maximum absolute atomic E-state index is 11.9. The number of aromatic nitrogens is 1. The molecule has 1 aliphatic rings. The third kappa shape index (κ3) is 3.84. The Labute approximate surface area is 108 Å². The highest BCUT2D eigenvalue weighted by Gasteiger charge is 2.25. The lowest BCUT2D eigenvalue weighted by molar-refractivity contribution is -0.130. The van der Waals surface area contributed by atoms with Gasteiger partial charge in [0.25, 0.3) is 0 Å². The molecular formula is C13H21N3O2. The van der Waals surface area contributed by atoms with E-state index in [1.54, 1.807) is 11.0 Å². The summed E-state index contributed by atoms with van der Waals surface area (Å²) in [4.78, 5) is 16.0. The standard InChI is InChI=1S/C13H21N3O2/c1-15(12-4-5-12)8-9-16(2)13(17)6-3-11-7-10-18-14-11/h7,10,12H,3-6,8-9H2,1-2H3. The van der Waals surface area contributed by atoms with Crippen molar-refractivity contribution in [2.24, 2.45) is 0 Å². The lowest BCUT2D eigenvalue weighted by Crippen LogP contribution is -2.35. The van der Waals surface area contributed by atoms with Crippen LogP contribution in [0.25, 0.3) is 0 Å². The fraction of sp³-hybridized carbons (Fsp3) is 0.692. The van der Waals surface area contributed by atoms with Crippen molar-refractivity contribution in [1.82, 2.24) is 15.0 Å². The molecular weight excluding hydrogens is 230 g/mol. The molecule has 100 valence electrons. The van der Waals surface area contributed by atoms with Gasteiger partial charge in [-0.3, -0.25) is 4.79 Å². The van der Waals surface area contributed by atoms with E-state index >= 15 is 0 Å². The number of carbonyl (C=O) groups excluding carboxylic acids is 1. The highest BCUT2D eigenvalue weighted by atomic mass is 16.5. The fourth-order valence-electron chi connectivity index (χ4n) is 1.92. The molecule has 0 saturated heterocycles. The Morgan fingerprint density at radius 1 is 1.44 bits per heavy atom. The second kappa shape index (κ2) is 6.00. The van der Waals surface area contributed by atoms with E-state index < -0.39 is 0 Å². The van der Waals surface area contributed by atoms with Gasteiger partial charge < -0.3 is 14.3 Å². The Hall–Kier alpha value is -1.36. The Kier molecular flexibility index (Phi) is 4.36. The van der Waals surface area contributed by atoms with Gasteiger partial charge in [-0.25, -0.2) is 0 Å². The number of aryl methyl sites for hydroxylation is 1. The Morgan fingerprint density at radius 3 is 2.83 bits per heavy atom. The van der Waals surface area contributed by atoms with E-state index in [9.17, 15) is 4.79 Å². The monoisotopic (exact) mass is 251 g/mol. The lowest BCUT2D eigenvalue weighted by atomic mass is 10.2. The van der Waals surface area contributed by atoms with E-state index in [-0.39, 0.29) is 5.91 Å². The molecule has 0 atom stereocenters. The quantitative estimate of drug-likeness (QED) is 0.729. The van der Waals surface area contributed by atoms with Crippen LogP contribution in [0.2, 0.25) is 0 Å². The van der Waals surface area contributed by atoms with Crippen molar-refractivity contribution in [3.63, 3.8) is 0 Å². The SMILES string of the molecule is CN(CCN(C)C1CC1)C(=O)CCc1ccon1. The second-order valence-electron chi connectivity index (χ2n) is 5.02. The number of nitrogens with zero attached hydrogens (tertiary/aromatic N) is 3. The summed E-state index contributed by atoms with van der Waals surface area (Å²) in [6.07, 6.45) is 5.29. The number of hydrogen-bond donors (Lipinski definition) is 0. The number of amides is 1. The molecule has 5 nitrogen and oxygen atoms in total. The molecule has 1 aromatic heterocycles. The van der Waals surface area contributed by atoms with Gasteiger partial charge in [0.2, 0.25) is 5.91 Å². The number of likely N-dealkylation sites (N-methyl/N-ethyl adjacent to an activating group) is 2. The minimum absolute atomic E-state index is 0.169. The van der Waals surface area contributed by atoms with Crippen LogP contribution in [-0.4, -0.2) is 54.1 Å². The zero-order valence-corrected chi connectivity index (χ0v) is 11.1. The largest absolute Gasteiger partial charge is 0.365 e. The zero-order chi connectivity index (χ0) is 13.0. The summed E-state index contributed by atoms with van der Waals surface area (Å²) in [6.45, 7) is 1.75. The van der Waals surface area contributed by atoms with Crippen LogP contribution >= 0.6 is 0 Å². The zero-order valence-electron chi connectivity index (χ0n) is 11.1. The maximum atomic E-state index is 11.9. The summed E-state index contributed by atoms with van der Waals surface area (Å²) >= 11 is 0. The van der Waals surface area contributed by atoms with Gasteiger partial charge in [-0.15, -0.1) is 0 Å². The average molecular weight is 251 g/mol. The van der Waals surface area contributed by atoms with Crippen LogP contribution in [0.3, 0.4) is 0 Å². The molecule has 0 spiro atoms. The molecule has 0 unspecified atom stereocenters. The topological polar surface area (TPSA) is 49.6 Å². The first-order chi connectivity index (χ1) is 8.66. The van der Waals surface area contributed by atoms with E-state index in [1.807, 2.05) is 7.05 Å². The number of rotatable bonds is 7. The first-order valence-corrected chi connectivity index (χ1v) is 6.50. The van der Waals surface area contributed by atoms with E-state index in [1.165, 1.54) is 19.1 Å². The van der Waals surface area contributed by atoms with E-state index in [2.05, 4.69) is 17.1 Å². The average Bonchev–Trinajstić information content (AvgIpc) is 3.10. The molecule has 0 aromatic carbocycles. The minimum Gasteiger partial charge on any atom is -0.365 e. The van der Waals surface area contributed by atoms with Crippen molar-refractivity contribution < 1.29 is 9.32 Å². The lowest BCUT2D eigenvalue weighted by Gasteiger charge is -2.21. The summed E-state index contributed by atoms with van der Waals surface area (Å²) in [5, 5.41) is 3.80. The highest BCUT2D eigenvalue weighted by molar-refractivity contribution is 5.76. The number of hydrogen-bond acceptors (Lipinski definition) is 4. The third-order valence-corrected chi connectivity index (χ3v) is 3.47. The van der Waals surface area contributed by atoms with Gasteiger partial charge in [-0.1, -0.05) is 5.16 Å². The van der Waals surface area contributed by atoms with Crippen molar-refractivity contribution in [3.8, 4) is 0 Å². The van der Waals surface area contributed by atoms with Crippen LogP contribution in [0.4, 0.5) is 0 Å². The predicted octanol–water partition coefficient (Wildman–Crippen LogP) is 1.16. The van der Waals surface area contributed by atoms with Crippen molar-refractivity contribution >= 4 is 5.91 Å². The van der Waals surface area contributed by atoms with Gasteiger partial charge in [-0.05, 0) is 19.9 Å². The summed E-state index contributed by atoms with van der Waals surface area (Å²) in [7, 11) is 4.00. The molecule has 0 bridgehead atoms. The molecule has 1 fully saturated rings. The smallest absolute Gasteiger partial charge is 0.222 e. The normalized spacial score (nSPS) is 15.1. The van der Waals surface area contributed by atoms with Crippen molar-refractivity contribution in [1.29, 1.82) is 0 Å². The molecule has 0 aliphatic heterocycles. The van der Waals surface area contributed by atoms with Crippen molar-refractivity contribution in [2.45, 2.75) is 31.7 Å². The molecule has 1 aliphatic carbocycles. The molecule has 1 saturated carbocycles. The molecule has 1 aromatic rings. The summed E-state index contributed by atoms with van der Waals surface area (Å²) in [5.41, 5.74) is 0.840. The summed E-state index contributed by atoms with van der Waals surface area (Å²) < 4.78 is 4.74. The van der Waals surface area contributed by atoms with Gasteiger partial charge in [0.15, 0.2) is 0 Å². The Morgan fingerprint density at radius 2 is 2.22 bits per heavy atom. The van der Waals surface area contributed by atoms with Crippen LogP contribution in [0, 0.1) is 0 Å². The van der Waals surface area contributed by atoms with Crippen molar-refractivity contribution in [3.05, 3.63) is 18.0 Å². The van der Waals surface area contributed by atoms with Crippen LogP contribution < -0.4 is 0 Å². The predicted molar refractivity (Wildman–Crippen MR) is 68.1 cm³/mol. The Bertz CT molecular complexity index is 374. The van der Waals surface area contributed by atoms with Gasteiger partial charge >= 0.3 is 0 Å². The molecule has 1 amide bonds. The third-order valence-electron chi connectivity index (χ3n) is 3.47. The van der Waals surface area contributed by atoms with Crippen LogP contribution in [0.1, 0.15) is 25.0 Å². The summed E-state index contributed by atoms with van der Waals surface area (Å²) in [6, 6.07) is 2.55. The van der Waals surface area contributed by atoms with E-state index in [0.717, 1.165) is 24.8 Å². The fourth-order valence-corrected chi connectivity index (χ4v) is 1.92. The molecule has 5 heteroatoms. The Balaban J connectivity index is 1.64. The molecule has 0 N–H and O–H groups in total. The summed E-state index contributed by atoms with van der Waals surface area (Å²) in [5.74, 6) is 0.169. The molecule has 0 radical (unpaired) electrons. The van der Waals surface area contributed by atoms with Crippen molar-refractivity contribution in [2.75, 3.05) is 27.2 Å². The van der Waals surface area contributed by atoms with Gasteiger partial charge in [0.05, 0.1) is 5.69 Å².